The van der Waals surface area contributed by atoms with Gasteiger partial charge in [0.1, 0.15) is 5.69 Å². The van der Waals surface area contributed by atoms with E-state index in [1.54, 1.807) is 5.38 Å². The Morgan fingerprint density at radius 2 is 2.00 bits per heavy atom. The lowest BCUT2D eigenvalue weighted by Gasteiger charge is -2.25. The molecule has 0 radical (unpaired) electrons. The average molecular weight is 274 g/mol. The summed E-state index contributed by atoms with van der Waals surface area (Å²) >= 11 is 1.49. The molecule has 4 heteroatoms. The molecule has 0 aliphatic heterocycles. The zero-order chi connectivity index (χ0) is 13.9. The van der Waals surface area contributed by atoms with E-state index < -0.39 is 0 Å². The normalized spacial score (nSPS) is 11.3. The molecule has 0 bridgehead atoms. The predicted octanol–water partition coefficient (Wildman–Crippen LogP) is 3.16. The van der Waals surface area contributed by atoms with E-state index in [1.165, 1.54) is 16.9 Å². The van der Waals surface area contributed by atoms with Crippen LogP contribution in [0.2, 0.25) is 0 Å². The highest BCUT2D eigenvalue weighted by Gasteiger charge is 2.21. The van der Waals surface area contributed by atoms with Gasteiger partial charge < -0.3 is 5.32 Å². The maximum Gasteiger partial charge on any atom is 0.270 e. The average Bonchev–Trinajstić information content (AvgIpc) is 2.84. The first-order valence-electron chi connectivity index (χ1n) is 6.25. The van der Waals surface area contributed by atoms with Crippen LogP contribution in [0, 0.1) is 6.92 Å². The lowest BCUT2D eigenvalue weighted by molar-refractivity contribution is 0.0941. The van der Waals surface area contributed by atoms with Gasteiger partial charge in [-0.05, 0) is 12.5 Å². The standard InChI is InChI=1S/C15H18N2OS/c1-11-17-13(9-19-11)14(18)16-10-15(2,3)12-7-5-4-6-8-12/h4-9H,10H2,1-3H3,(H,16,18). The summed E-state index contributed by atoms with van der Waals surface area (Å²) in [5.41, 5.74) is 1.62. The Bertz CT molecular complexity index is 561. The van der Waals surface area contributed by atoms with E-state index in [9.17, 15) is 4.79 Å². The third kappa shape index (κ3) is 3.41. The molecule has 0 saturated carbocycles. The van der Waals surface area contributed by atoms with E-state index in [-0.39, 0.29) is 11.3 Å². The number of carbonyl (C=O) groups excluding carboxylic acids is 1. The summed E-state index contributed by atoms with van der Waals surface area (Å²) in [6.07, 6.45) is 0. The van der Waals surface area contributed by atoms with Crippen LogP contribution in [0.1, 0.15) is 34.9 Å². The molecule has 1 aromatic heterocycles. The smallest absolute Gasteiger partial charge is 0.270 e. The topological polar surface area (TPSA) is 42.0 Å². The van der Waals surface area contributed by atoms with E-state index in [0.29, 0.717) is 12.2 Å². The van der Waals surface area contributed by atoms with Gasteiger partial charge in [-0.2, -0.15) is 0 Å². The fourth-order valence-corrected chi connectivity index (χ4v) is 2.44. The highest BCUT2D eigenvalue weighted by atomic mass is 32.1. The SMILES string of the molecule is Cc1nc(C(=O)NCC(C)(C)c2ccccc2)cs1. The van der Waals surface area contributed by atoms with E-state index in [2.05, 4.69) is 36.3 Å². The molecule has 1 heterocycles. The van der Waals surface area contributed by atoms with Gasteiger partial charge in [0.05, 0.1) is 5.01 Å². The number of rotatable bonds is 4. The summed E-state index contributed by atoms with van der Waals surface area (Å²) in [6.45, 7) is 6.73. The summed E-state index contributed by atoms with van der Waals surface area (Å²) in [6, 6.07) is 10.2. The van der Waals surface area contributed by atoms with Crippen molar-refractivity contribution >= 4 is 17.2 Å². The van der Waals surface area contributed by atoms with Gasteiger partial charge in [-0.1, -0.05) is 44.2 Å². The van der Waals surface area contributed by atoms with E-state index in [4.69, 9.17) is 0 Å². The first-order chi connectivity index (χ1) is 8.99. The van der Waals surface area contributed by atoms with E-state index in [1.807, 2.05) is 25.1 Å². The number of carbonyl (C=O) groups is 1. The van der Waals surface area contributed by atoms with Crippen molar-refractivity contribution in [3.63, 3.8) is 0 Å². The monoisotopic (exact) mass is 274 g/mol. The van der Waals surface area contributed by atoms with Crippen molar-refractivity contribution in [2.75, 3.05) is 6.54 Å². The Labute approximate surface area is 117 Å². The predicted molar refractivity (Wildman–Crippen MR) is 78.7 cm³/mol. The number of nitrogens with one attached hydrogen (secondary N) is 1. The van der Waals surface area contributed by atoms with Gasteiger partial charge in [0.15, 0.2) is 0 Å². The molecule has 1 N–H and O–H groups in total. The second-order valence-electron chi connectivity index (χ2n) is 5.18. The van der Waals surface area contributed by atoms with E-state index >= 15 is 0 Å². The van der Waals surface area contributed by atoms with Gasteiger partial charge in [0, 0.05) is 17.3 Å². The van der Waals surface area contributed by atoms with Crippen molar-refractivity contribution in [3.8, 4) is 0 Å². The van der Waals surface area contributed by atoms with Gasteiger partial charge >= 0.3 is 0 Å². The molecule has 1 aromatic carbocycles. The molecule has 0 fully saturated rings. The molecular weight excluding hydrogens is 256 g/mol. The first-order valence-corrected chi connectivity index (χ1v) is 7.13. The van der Waals surface area contributed by atoms with Crippen LogP contribution in [0.4, 0.5) is 0 Å². The Balaban J connectivity index is 2.00. The molecule has 0 atom stereocenters. The summed E-state index contributed by atoms with van der Waals surface area (Å²) in [5.74, 6) is -0.103. The maximum atomic E-state index is 12.0. The van der Waals surface area contributed by atoms with Gasteiger partial charge in [-0.15, -0.1) is 11.3 Å². The molecule has 100 valence electrons. The molecule has 3 nitrogen and oxygen atoms in total. The van der Waals surface area contributed by atoms with Crippen molar-refractivity contribution < 1.29 is 4.79 Å². The second-order valence-corrected chi connectivity index (χ2v) is 6.25. The number of nitrogens with zero attached hydrogens (tertiary/aromatic N) is 1. The zero-order valence-corrected chi connectivity index (χ0v) is 12.3. The lowest BCUT2D eigenvalue weighted by Crippen LogP contribution is -2.36. The van der Waals surface area contributed by atoms with Gasteiger partial charge in [0.2, 0.25) is 0 Å². The molecule has 0 aliphatic carbocycles. The van der Waals surface area contributed by atoms with Crippen molar-refractivity contribution in [3.05, 3.63) is 52.0 Å². The molecular formula is C15H18N2OS. The number of thiazole rings is 1. The number of amides is 1. The van der Waals surface area contributed by atoms with Crippen LogP contribution in [0.3, 0.4) is 0 Å². The Kier molecular flexibility index (Phi) is 4.00. The molecule has 19 heavy (non-hydrogen) atoms. The lowest BCUT2D eigenvalue weighted by atomic mass is 9.84. The molecule has 2 rings (SSSR count). The summed E-state index contributed by atoms with van der Waals surface area (Å²) in [4.78, 5) is 16.2. The molecule has 2 aromatic rings. The number of aryl methyl sites for hydroxylation is 1. The first kappa shape index (κ1) is 13.7. The summed E-state index contributed by atoms with van der Waals surface area (Å²) in [5, 5.41) is 5.66. The Morgan fingerprint density at radius 3 is 2.58 bits per heavy atom. The molecule has 0 unspecified atom stereocenters. The highest BCUT2D eigenvalue weighted by Crippen LogP contribution is 2.21. The fourth-order valence-electron chi connectivity index (χ4n) is 1.85. The van der Waals surface area contributed by atoms with Crippen LogP contribution in [-0.4, -0.2) is 17.4 Å². The minimum absolute atomic E-state index is 0.0953. The Hall–Kier alpha value is -1.68. The van der Waals surface area contributed by atoms with Crippen LogP contribution in [-0.2, 0) is 5.41 Å². The van der Waals surface area contributed by atoms with Crippen LogP contribution in [0.25, 0.3) is 0 Å². The molecule has 0 spiro atoms. The van der Waals surface area contributed by atoms with Crippen LogP contribution < -0.4 is 5.32 Å². The minimum atomic E-state index is -0.103. The number of hydrogen-bond donors (Lipinski definition) is 1. The summed E-state index contributed by atoms with van der Waals surface area (Å²) < 4.78 is 0. The third-order valence-corrected chi connectivity index (χ3v) is 3.87. The third-order valence-electron chi connectivity index (χ3n) is 3.10. The molecule has 1 amide bonds. The van der Waals surface area contributed by atoms with Crippen LogP contribution >= 0.6 is 11.3 Å². The molecule has 0 aliphatic rings. The van der Waals surface area contributed by atoms with E-state index in [0.717, 1.165) is 5.01 Å². The van der Waals surface area contributed by atoms with Crippen molar-refractivity contribution in [2.45, 2.75) is 26.2 Å². The van der Waals surface area contributed by atoms with Crippen LogP contribution in [0.15, 0.2) is 35.7 Å². The van der Waals surface area contributed by atoms with Crippen LogP contribution in [0.5, 0.6) is 0 Å². The largest absolute Gasteiger partial charge is 0.350 e. The number of hydrogen-bond acceptors (Lipinski definition) is 3. The van der Waals surface area contributed by atoms with Gasteiger partial charge in [-0.25, -0.2) is 4.98 Å². The Morgan fingerprint density at radius 1 is 1.32 bits per heavy atom. The van der Waals surface area contributed by atoms with Crippen molar-refractivity contribution in [1.82, 2.24) is 10.3 Å². The minimum Gasteiger partial charge on any atom is -0.350 e. The van der Waals surface area contributed by atoms with Crippen molar-refractivity contribution in [2.24, 2.45) is 0 Å². The zero-order valence-electron chi connectivity index (χ0n) is 11.4. The number of benzene rings is 1. The van der Waals surface area contributed by atoms with Gasteiger partial charge in [-0.3, -0.25) is 4.79 Å². The maximum absolute atomic E-state index is 12.0. The van der Waals surface area contributed by atoms with Crippen molar-refractivity contribution in [1.29, 1.82) is 0 Å². The summed E-state index contributed by atoms with van der Waals surface area (Å²) in [7, 11) is 0. The number of aromatic nitrogens is 1. The highest BCUT2D eigenvalue weighted by molar-refractivity contribution is 7.09. The molecule has 0 saturated heterocycles. The quantitative estimate of drug-likeness (QED) is 0.930. The second kappa shape index (κ2) is 5.53. The fraction of sp³-hybridized carbons (Fsp3) is 0.333. The van der Waals surface area contributed by atoms with Gasteiger partial charge in [0.25, 0.3) is 5.91 Å².